The normalized spacial score (nSPS) is 10.9. The predicted molar refractivity (Wildman–Crippen MR) is 97.2 cm³/mol. The number of nitrogens with two attached hydrogens (primary N) is 1. The van der Waals surface area contributed by atoms with Gasteiger partial charge in [-0.15, -0.1) is 0 Å². The highest BCUT2D eigenvalue weighted by atomic mass is 19.1. The lowest BCUT2D eigenvalue weighted by Gasteiger charge is -2.11. The van der Waals surface area contributed by atoms with Crippen molar-refractivity contribution < 1.29 is 18.7 Å². The number of nitrogens with zero attached hydrogens (tertiary/aromatic N) is 1. The summed E-state index contributed by atoms with van der Waals surface area (Å²) in [6, 6.07) is 8.02. The summed E-state index contributed by atoms with van der Waals surface area (Å²) in [6.45, 7) is 2.44. The van der Waals surface area contributed by atoms with E-state index in [-0.39, 0.29) is 30.3 Å². The minimum atomic E-state index is -0.501. The molecule has 138 valence electrons. The number of methoxy groups -OCH3 is 1. The number of hydrogen-bond acceptors (Lipinski definition) is 5. The third-order valence-electron chi connectivity index (χ3n) is 3.57. The van der Waals surface area contributed by atoms with Crippen LogP contribution in [0.15, 0.2) is 42.5 Å². The van der Waals surface area contributed by atoms with Crippen LogP contribution in [0.1, 0.15) is 28.5 Å². The van der Waals surface area contributed by atoms with Gasteiger partial charge in [-0.05, 0) is 25.1 Å². The second kappa shape index (κ2) is 9.53. The van der Waals surface area contributed by atoms with Gasteiger partial charge in [0.1, 0.15) is 12.4 Å². The first-order valence-electron chi connectivity index (χ1n) is 8.10. The van der Waals surface area contributed by atoms with E-state index >= 15 is 0 Å². The molecule has 0 aliphatic heterocycles. The van der Waals surface area contributed by atoms with E-state index in [1.165, 1.54) is 0 Å². The van der Waals surface area contributed by atoms with Gasteiger partial charge in [0.15, 0.2) is 11.6 Å². The summed E-state index contributed by atoms with van der Waals surface area (Å²) in [4.78, 5) is 16.4. The van der Waals surface area contributed by atoms with Crippen molar-refractivity contribution in [1.82, 2.24) is 10.3 Å². The Morgan fingerprint density at radius 1 is 1.35 bits per heavy atom. The van der Waals surface area contributed by atoms with E-state index in [9.17, 15) is 9.18 Å². The van der Waals surface area contributed by atoms with Crippen LogP contribution in [-0.4, -0.2) is 24.6 Å². The zero-order valence-corrected chi connectivity index (χ0v) is 14.8. The summed E-state index contributed by atoms with van der Waals surface area (Å²) in [5.74, 6) is -0.696. The molecule has 2 aromatic rings. The maximum Gasteiger partial charge on any atom is 0.255 e. The maximum atomic E-state index is 14.4. The molecule has 26 heavy (non-hydrogen) atoms. The van der Waals surface area contributed by atoms with Gasteiger partial charge in [0.25, 0.3) is 5.91 Å². The molecular weight excluding hydrogens is 337 g/mol. The van der Waals surface area contributed by atoms with E-state index in [1.807, 2.05) is 13.0 Å². The van der Waals surface area contributed by atoms with Gasteiger partial charge in [0, 0.05) is 19.2 Å². The number of rotatable bonds is 8. The van der Waals surface area contributed by atoms with Gasteiger partial charge in [0.05, 0.1) is 17.9 Å². The van der Waals surface area contributed by atoms with Crippen LogP contribution in [-0.2, 0) is 17.9 Å². The van der Waals surface area contributed by atoms with E-state index in [1.54, 1.807) is 43.5 Å². The van der Waals surface area contributed by atoms with Crippen molar-refractivity contribution >= 4 is 11.7 Å². The Morgan fingerprint density at radius 2 is 2.15 bits per heavy atom. The number of amides is 1. The number of hydrogen-bond donors (Lipinski definition) is 2. The highest BCUT2D eigenvalue weighted by Crippen LogP contribution is 2.20. The first kappa shape index (κ1) is 19.4. The van der Waals surface area contributed by atoms with Gasteiger partial charge in [-0.3, -0.25) is 4.79 Å². The Bertz CT molecular complexity index is 794. The smallest absolute Gasteiger partial charge is 0.255 e. The van der Waals surface area contributed by atoms with Crippen molar-refractivity contribution in [2.45, 2.75) is 20.1 Å². The molecule has 1 aromatic heterocycles. The SMILES string of the molecule is C/C=C/COc1cccc(CNC(=O)c2ccc(COC)nc2N)c1F. The van der Waals surface area contributed by atoms with Gasteiger partial charge in [-0.25, -0.2) is 9.37 Å². The Hall–Kier alpha value is -2.93. The van der Waals surface area contributed by atoms with Gasteiger partial charge >= 0.3 is 0 Å². The van der Waals surface area contributed by atoms with Crippen molar-refractivity contribution in [3.63, 3.8) is 0 Å². The topological polar surface area (TPSA) is 86.5 Å². The standard InChI is InChI=1S/C19H22FN3O3/c1-3-4-10-26-16-7-5-6-13(17(16)20)11-22-19(24)15-9-8-14(12-25-2)23-18(15)21/h3-9H,10-12H2,1-2H3,(H2,21,23)(H,22,24)/b4-3+. The summed E-state index contributed by atoms with van der Waals surface area (Å²) < 4.78 is 24.7. The third-order valence-corrected chi connectivity index (χ3v) is 3.57. The van der Waals surface area contributed by atoms with Crippen LogP contribution < -0.4 is 15.8 Å². The highest BCUT2D eigenvalue weighted by molar-refractivity contribution is 5.98. The molecule has 0 aliphatic carbocycles. The van der Waals surface area contributed by atoms with Crippen molar-refractivity contribution in [2.24, 2.45) is 0 Å². The molecule has 0 radical (unpaired) electrons. The Kier molecular flexibility index (Phi) is 7.11. The summed E-state index contributed by atoms with van der Waals surface area (Å²) in [7, 11) is 1.55. The van der Waals surface area contributed by atoms with Gasteiger partial charge in [0.2, 0.25) is 0 Å². The number of allylic oxidation sites excluding steroid dienone is 1. The van der Waals surface area contributed by atoms with Crippen LogP contribution in [0.4, 0.5) is 10.2 Å². The third kappa shape index (κ3) is 5.03. The van der Waals surface area contributed by atoms with Gasteiger partial charge < -0.3 is 20.5 Å². The molecule has 1 amide bonds. The molecular formula is C19H22FN3O3. The number of aromatic nitrogens is 1. The summed E-state index contributed by atoms with van der Waals surface area (Å²) in [5.41, 5.74) is 6.99. The first-order chi connectivity index (χ1) is 12.6. The molecule has 1 aromatic carbocycles. The number of anilines is 1. The molecule has 0 atom stereocenters. The van der Waals surface area contributed by atoms with E-state index in [0.717, 1.165) is 0 Å². The fourth-order valence-electron chi connectivity index (χ4n) is 2.25. The predicted octanol–water partition coefficient (Wildman–Crippen LogP) is 2.83. The molecule has 3 N–H and O–H groups in total. The van der Waals surface area contributed by atoms with Crippen molar-refractivity contribution in [3.8, 4) is 5.75 Å². The molecule has 0 saturated heterocycles. The lowest BCUT2D eigenvalue weighted by atomic mass is 10.1. The van der Waals surface area contributed by atoms with Crippen LogP contribution in [0.3, 0.4) is 0 Å². The van der Waals surface area contributed by atoms with Crippen LogP contribution >= 0.6 is 0 Å². The number of pyridine rings is 1. The van der Waals surface area contributed by atoms with Gasteiger partial charge in [-0.2, -0.15) is 0 Å². The van der Waals surface area contributed by atoms with Crippen molar-refractivity contribution in [3.05, 3.63) is 65.1 Å². The number of nitrogens with one attached hydrogen (secondary N) is 1. The fraction of sp³-hybridized carbons (Fsp3) is 0.263. The van der Waals surface area contributed by atoms with Crippen molar-refractivity contribution in [2.75, 3.05) is 19.5 Å². The van der Waals surface area contributed by atoms with Crippen LogP contribution in [0.5, 0.6) is 5.75 Å². The minimum absolute atomic E-state index is 0.00471. The summed E-state index contributed by atoms with van der Waals surface area (Å²) >= 11 is 0. The molecule has 6 nitrogen and oxygen atoms in total. The number of nitrogen functional groups attached to an aromatic ring is 1. The van der Waals surface area contributed by atoms with E-state index in [4.69, 9.17) is 15.2 Å². The monoisotopic (exact) mass is 359 g/mol. The van der Waals surface area contributed by atoms with E-state index in [2.05, 4.69) is 10.3 Å². The largest absolute Gasteiger partial charge is 0.486 e. The lowest BCUT2D eigenvalue weighted by molar-refractivity contribution is 0.0951. The lowest BCUT2D eigenvalue weighted by Crippen LogP contribution is -2.25. The molecule has 0 fully saturated rings. The molecule has 0 aliphatic rings. The number of carbonyl (C=O) groups excluding carboxylic acids is 1. The molecule has 7 heteroatoms. The summed E-state index contributed by atoms with van der Waals surface area (Å²) in [5, 5.41) is 2.64. The average Bonchev–Trinajstić information content (AvgIpc) is 2.62. The maximum absolute atomic E-state index is 14.4. The van der Waals surface area contributed by atoms with Crippen LogP contribution in [0, 0.1) is 5.82 Å². The molecule has 1 heterocycles. The number of halogens is 1. The number of ether oxygens (including phenoxy) is 2. The Balaban J connectivity index is 2.04. The van der Waals surface area contributed by atoms with Crippen LogP contribution in [0.2, 0.25) is 0 Å². The van der Waals surface area contributed by atoms with Crippen LogP contribution in [0.25, 0.3) is 0 Å². The number of benzene rings is 1. The molecule has 0 bridgehead atoms. The Morgan fingerprint density at radius 3 is 2.85 bits per heavy atom. The van der Waals surface area contributed by atoms with Gasteiger partial charge in [-0.1, -0.05) is 24.3 Å². The summed E-state index contributed by atoms with van der Waals surface area (Å²) in [6.07, 6.45) is 3.59. The first-order valence-corrected chi connectivity index (χ1v) is 8.10. The van der Waals surface area contributed by atoms with E-state index < -0.39 is 11.7 Å². The zero-order valence-electron chi connectivity index (χ0n) is 14.8. The molecule has 0 spiro atoms. The second-order valence-corrected chi connectivity index (χ2v) is 5.46. The highest BCUT2D eigenvalue weighted by Gasteiger charge is 2.14. The molecule has 0 unspecified atom stereocenters. The Labute approximate surface area is 151 Å². The second-order valence-electron chi connectivity index (χ2n) is 5.46. The minimum Gasteiger partial charge on any atom is -0.486 e. The quantitative estimate of drug-likeness (QED) is 0.708. The average molecular weight is 359 g/mol. The zero-order chi connectivity index (χ0) is 18.9. The molecule has 2 rings (SSSR count). The fourth-order valence-corrected chi connectivity index (χ4v) is 2.25. The van der Waals surface area contributed by atoms with Crippen molar-refractivity contribution in [1.29, 1.82) is 0 Å². The number of carbonyl (C=O) groups is 1. The van der Waals surface area contributed by atoms with E-state index in [0.29, 0.717) is 17.9 Å². The molecule has 0 saturated carbocycles.